The molecule has 5 fully saturated rings. The lowest BCUT2D eigenvalue weighted by Crippen LogP contribution is -2.61. The number of carbonyl (C=O) groups is 1. The van der Waals surface area contributed by atoms with Gasteiger partial charge in [-0.15, -0.1) is 0 Å². The second kappa shape index (κ2) is 9.07. The van der Waals surface area contributed by atoms with E-state index in [1.165, 1.54) is 51.4 Å². The molecule has 3 saturated heterocycles. The number of hydrogen-bond donors (Lipinski definition) is 1. The van der Waals surface area contributed by atoms with E-state index in [2.05, 4.69) is 17.1 Å². The molecule has 2 aliphatic carbocycles. The van der Waals surface area contributed by atoms with Crippen LogP contribution in [0.2, 0.25) is 0 Å². The molecule has 5 aliphatic rings. The number of carbonyl (C=O) groups excluding carboxylic acids is 1. The Kier molecular flexibility index (Phi) is 5.88. The first-order valence-corrected chi connectivity index (χ1v) is 15.2. The van der Waals surface area contributed by atoms with Gasteiger partial charge in [0.15, 0.2) is 0 Å². The van der Waals surface area contributed by atoms with E-state index in [-0.39, 0.29) is 23.5 Å². The topological polar surface area (TPSA) is 70.5 Å². The van der Waals surface area contributed by atoms with Crippen LogP contribution in [-0.4, -0.2) is 50.7 Å². The molecular formula is C31H43N5O2. The summed E-state index contributed by atoms with van der Waals surface area (Å²) in [7, 11) is 0. The molecule has 7 heteroatoms. The second-order valence-electron chi connectivity index (χ2n) is 13.9. The highest BCUT2D eigenvalue weighted by Gasteiger charge is 2.48. The monoisotopic (exact) mass is 517 g/mol. The fourth-order valence-electron chi connectivity index (χ4n) is 9.08. The Morgan fingerprint density at radius 3 is 2.39 bits per heavy atom. The van der Waals surface area contributed by atoms with Gasteiger partial charge in [-0.25, -0.2) is 9.78 Å². The molecule has 38 heavy (non-hydrogen) atoms. The Morgan fingerprint density at radius 1 is 0.895 bits per heavy atom. The van der Waals surface area contributed by atoms with Crippen molar-refractivity contribution < 1.29 is 4.79 Å². The maximum Gasteiger partial charge on any atom is 0.323 e. The first-order valence-electron chi connectivity index (χ1n) is 15.2. The third-order valence-corrected chi connectivity index (χ3v) is 10.6. The highest BCUT2D eigenvalue weighted by molar-refractivity contribution is 5.95. The van der Waals surface area contributed by atoms with E-state index in [4.69, 9.17) is 4.98 Å². The number of nitrogens with zero attached hydrogens (tertiary/aromatic N) is 4. The van der Waals surface area contributed by atoms with Crippen LogP contribution < -0.4 is 15.8 Å². The van der Waals surface area contributed by atoms with Gasteiger partial charge in [-0.3, -0.25) is 14.6 Å². The molecule has 1 aromatic heterocycles. The summed E-state index contributed by atoms with van der Waals surface area (Å²) in [4.78, 5) is 36.4. The van der Waals surface area contributed by atoms with Gasteiger partial charge in [0.25, 0.3) is 5.56 Å². The van der Waals surface area contributed by atoms with Gasteiger partial charge in [0.2, 0.25) is 5.82 Å². The number of benzene rings is 1. The number of amides is 2. The minimum atomic E-state index is -0.391. The largest absolute Gasteiger partial charge is 0.331 e. The van der Waals surface area contributed by atoms with Crippen LogP contribution >= 0.6 is 0 Å². The first kappa shape index (κ1) is 24.6. The zero-order valence-corrected chi connectivity index (χ0v) is 23.2. The van der Waals surface area contributed by atoms with E-state index in [1.54, 1.807) is 4.90 Å². The molecule has 6 atom stereocenters. The fraction of sp³-hybridized carbons (Fsp3) is 0.710. The van der Waals surface area contributed by atoms with Crippen LogP contribution in [0.5, 0.6) is 0 Å². The Morgan fingerprint density at radius 2 is 1.66 bits per heavy atom. The van der Waals surface area contributed by atoms with Gasteiger partial charge < -0.3 is 9.88 Å². The van der Waals surface area contributed by atoms with Crippen LogP contribution in [0.25, 0.3) is 11.0 Å². The SMILES string of the molecule is CC1CCC2CC(n3c(=O)c(N4CC(C)(C)NC4=O)nc4ccccc43)CC1N2C1CC2CCCC(C2)C1. The van der Waals surface area contributed by atoms with Crippen LogP contribution in [0.4, 0.5) is 10.6 Å². The molecule has 3 aliphatic heterocycles. The second-order valence-corrected chi connectivity index (χ2v) is 13.9. The molecule has 2 amide bonds. The van der Waals surface area contributed by atoms with Crippen molar-refractivity contribution in [3.05, 3.63) is 34.6 Å². The van der Waals surface area contributed by atoms with Crippen molar-refractivity contribution >= 4 is 22.9 Å². The van der Waals surface area contributed by atoms with Gasteiger partial charge in [0.1, 0.15) is 0 Å². The van der Waals surface area contributed by atoms with Crippen molar-refractivity contribution in [1.82, 2.24) is 19.8 Å². The van der Waals surface area contributed by atoms with Gasteiger partial charge in [0, 0.05) is 24.2 Å². The van der Waals surface area contributed by atoms with Crippen molar-refractivity contribution in [2.75, 3.05) is 11.4 Å². The first-order chi connectivity index (χ1) is 18.3. The lowest BCUT2D eigenvalue weighted by atomic mass is 9.67. The van der Waals surface area contributed by atoms with Crippen LogP contribution in [0.3, 0.4) is 0 Å². The van der Waals surface area contributed by atoms with Crippen LogP contribution in [0, 0.1) is 17.8 Å². The fourth-order valence-corrected chi connectivity index (χ4v) is 9.08. The lowest BCUT2D eigenvalue weighted by molar-refractivity contribution is -0.0693. The smallest absolute Gasteiger partial charge is 0.323 e. The average Bonchev–Trinajstić information content (AvgIpc) is 3.17. The average molecular weight is 518 g/mol. The summed E-state index contributed by atoms with van der Waals surface area (Å²) in [5, 5.41) is 3.01. The van der Waals surface area contributed by atoms with Crippen molar-refractivity contribution in [1.29, 1.82) is 0 Å². The molecule has 204 valence electrons. The molecule has 1 N–H and O–H groups in total. The molecule has 6 unspecified atom stereocenters. The number of hydrogen-bond acceptors (Lipinski definition) is 4. The van der Waals surface area contributed by atoms with E-state index in [0.717, 1.165) is 41.8 Å². The van der Waals surface area contributed by atoms with E-state index < -0.39 is 5.54 Å². The van der Waals surface area contributed by atoms with Crippen LogP contribution in [0.1, 0.15) is 91.0 Å². The highest BCUT2D eigenvalue weighted by Crippen LogP contribution is 2.48. The number of nitrogens with one attached hydrogen (secondary N) is 1. The number of para-hydroxylation sites is 2. The highest BCUT2D eigenvalue weighted by atomic mass is 16.2. The van der Waals surface area contributed by atoms with Gasteiger partial charge in [-0.1, -0.05) is 38.3 Å². The summed E-state index contributed by atoms with van der Waals surface area (Å²) >= 11 is 0. The maximum atomic E-state index is 14.2. The summed E-state index contributed by atoms with van der Waals surface area (Å²) in [5.74, 6) is 2.76. The van der Waals surface area contributed by atoms with Crippen molar-refractivity contribution in [3.63, 3.8) is 0 Å². The van der Waals surface area contributed by atoms with E-state index >= 15 is 0 Å². The van der Waals surface area contributed by atoms with E-state index in [1.807, 2.05) is 42.7 Å². The lowest BCUT2D eigenvalue weighted by Gasteiger charge is -2.57. The van der Waals surface area contributed by atoms with Gasteiger partial charge >= 0.3 is 6.03 Å². The third kappa shape index (κ3) is 4.07. The summed E-state index contributed by atoms with van der Waals surface area (Å²) in [6, 6.07) is 9.67. The molecule has 7 nitrogen and oxygen atoms in total. The molecule has 1 aromatic carbocycles. The van der Waals surface area contributed by atoms with Crippen molar-refractivity contribution in [3.8, 4) is 0 Å². The van der Waals surface area contributed by atoms with E-state index in [0.29, 0.717) is 24.5 Å². The molecular weight excluding hydrogens is 474 g/mol. The minimum Gasteiger partial charge on any atom is -0.331 e. The number of aromatic nitrogens is 2. The molecule has 4 bridgehead atoms. The molecule has 0 radical (unpaired) electrons. The molecule has 4 heterocycles. The number of fused-ring (bicyclic) bond motifs is 5. The summed E-state index contributed by atoms with van der Waals surface area (Å²) in [6.45, 7) is 6.86. The minimum absolute atomic E-state index is 0.118. The van der Waals surface area contributed by atoms with Crippen molar-refractivity contribution in [2.45, 2.75) is 115 Å². The van der Waals surface area contributed by atoms with Crippen molar-refractivity contribution in [2.24, 2.45) is 17.8 Å². The maximum absolute atomic E-state index is 14.2. The van der Waals surface area contributed by atoms with Crippen LogP contribution in [-0.2, 0) is 0 Å². The van der Waals surface area contributed by atoms with Gasteiger partial charge in [-0.05, 0) is 88.7 Å². The number of urea groups is 1. The quantitative estimate of drug-likeness (QED) is 0.586. The third-order valence-electron chi connectivity index (χ3n) is 10.6. The molecule has 0 spiro atoms. The van der Waals surface area contributed by atoms with Gasteiger partial charge in [0.05, 0.1) is 23.1 Å². The summed E-state index contributed by atoms with van der Waals surface area (Å²) < 4.78 is 2.03. The Balaban J connectivity index is 1.26. The molecule has 2 saturated carbocycles. The normalized spacial score (nSPS) is 36.9. The Labute approximate surface area is 226 Å². The number of anilines is 1. The predicted molar refractivity (Wildman–Crippen MR) is 151 cm³/mol. The molecule has 2 aromatic rings. The predicted octanol–water partition coefficient (Wildman–Crippen LogP) is 5.48. The summed E-state index contributed by atoms with van der Waals surface area (Å²) in [6.07, 6.45) is 13.0. The van der Waals surface area contributed by atoms with Crippen LogP contribution in [0.15, 0.2) is 29.1 Å². The zero-order valence-electron chi connectivity index (χ0n) is 23.2. The Bertz CT molecular complexity index is 1290. The Hall–Kier alpha value is -2.41. The zero-order chi connectivity index (χ0) is 26.2. The standard InChI is InChI=1S/C31H43N5O2/c1-19-11-12-22-16-24(17-27(19)35(22)23-14-20-7-6-8-21(13-20)15-23)36-26-10-5-4-9-25(26)32-28(29(36)37)34-18-31(2,3)33-30(34)38/h4-5,9-10,19-24,27H,6-8,11-18H2,1-3H3,(H,33,38). The van der Waals surface area contributed by atoms with E-state index in [9.17, 15) is 9.59 Å². The van der Waals surface area contributed by atoms with Gasteiger partial charge in [-0.2, -0.15) is 0 Å². The number of piperidine rings is 2. The molecule has 7 rings (SSSR count). The summed E-state index contributed by atoms with van der Waals surface area (Å²) in [5.41, 5.74) is 1.18. The number of rotatable bonds is 3.